The maximum atomic E-state index is 11.6. The third-order valence-corrected chi connectivity index (χ3v) is 4.14. The minimum absolute atomic E-state index is 0.147. The van der Waals surface area contributed by atoms with Gasteiger partial charge < -0.3 is 14.2 Å². The summed E-state index contributed by atoms with van der Waals surface area (Å²) >= 11 is 11.7. The van der Waals surface area contributed by atoms with E-state index in [1.807, 2.05) is 0 Å². The van der Waals surface area contributed by atoms with E-state index in [9.17, 15) is 9.59 Å². The first-order valence-electron chi connectivity index (χ1n) is 8.42. The maximum Gasteiger partial charge on any atom is 0.337 e. The molecule has 1 aromatic rings. The molecule has 0 aliphatic carbocycles. The molecule has 5 nitrogen and oxygen atoms in total. The molecule has 0 N–H and O–H groups in total. The van der Waals surface area contributed by atoms with Crippen LogP contribution in [0.3, 0.4) is 0 Å². The molecule has 0 aromatic heterocycles. The van der Waals surface area contributed by atoms with Crippen molar-refractivity contribution in [2.75, 3.05) is 19.8 Å². The van der Waals surface area contributed by atoms with Crippen molar-refractivity contribution in [3.8, 4) is 5.75 Å². The van der Waals surface area contributed by atoms with E-state index in [1.165, 1.54) is 25.3 Å². The second kappa shape index (κ2) is 13.0. The molecule has 0 spiro atoms. The van der Waals surface area contributed by atoms with Crippen LogP contribution in [0.1, 0.15) is 45.4 Å². The Balaban J connectivity index is 2.10. The largest absolute Gasteiger partial charge is 0.464 e. The number of carbonyl (C=O) groups is 2. The van der Waals surface area contributed by atoms with E-state index >= 15 is 0 Å². The molecule has 25 heavy (non-hydrogen) atoms. The molecule has 7 heteroatoms. The van der Waals surface area contributed by atoms with E-state index in [-0.39, 0.29) is 29.0 Å². The highest BCUT2D eigenvalue weighted by Gasteiger charge is 2.12. The average molecular weight is 391 g/mol. The molecule has 0 heterocycles. The molecule has 0 aliphatic heterocycles. The zero-order valence-corrected chi connectivity index (χ0v) is 15.9. The summed E-state index contributed by atoms with van der Waals surface area (Å²) in [5, 5.41) is 0.432. The van der Waals surface area contributed by atoms with Crippen LogP contribution in [0, 0.1) is 0 Å². The quantitative estimate of drug-likeness (QED) is 0.290. The molecule has 0 saturated carbocycles. The third-order valence-electron chi connectivity index (χ3n) is 3.34. The van der Waals surface area contributed by atoms with Crippen molar-refractivity contribution >= 4 is 35.1 Å². The van der Waals surface area contributed by atoms with Crippen molar-refractivity contribution in [1.29, 1.82) is 0 Å². The second-order valence-electron chi connectivity index (χ2n) is 5.51. The topological polar surface area (TPSA) is 61.8 Å². The Labute approximate surface area is 158 Å². The molecule has 1 rings (SSSR count). The molecule has 0 amide bonds. The Morgan fingerprint density at radius 1 is 0.960 bits per heavy atom. The molecule has 0 bridgehead atoms. The standard InChI is InChI=1S/C18H24Cl2O5/c1-2-3-4-5-6-7-11-24-16(21)12-23-13-17(22)25-15-10-8-9-14(19)18(15)20/h8-10H,2-7,11-13H2,1H3. The van der Waals surface area contributed by atoms with Crippen LogP contribution in [0.2, 0.25) is 10.0 Å². The number of carbonyl (C=O) groups excluding carboxylic acids is 2. The minimum atomic E-state index is -0.673. The van der Waals surface area contributed by atoms with Crippen LogP contribution in [0.5, 0.6) is 5.75 Å². The molecule has 140 valence electrons. The third kappa shape index (κ3) is 9.68. The number of unbranched alkanes of at least 4 members (excludes halogenated alkanes) is 5. The minimum Gasteiger partial charge on any atom is -0.464 e. The Bertz CT molecular complexity index is 548. The fourth-order valence-corrected chi connectivity index (χ4v) is 2.37. The number of hydrogen-bond acceptors (Lipinski definition) is 5. The highest BCUT2D eigenvalue weighted by atomic mass is 35.5. The first kappa shape index (κ1) is 21.7. The van der Waals surface area contributed by atoms with Crippen LogP contribution in [-0.2, 0) is 19.1 Å². The monoisotopic (exact) mass is 390 g/mol. The van der Waals surface area contributed by atoms with Gasteiger partial charge in [-0.3, -0.25) is 0 Å². The van der Waals surface area contributed by atoms with Crippen molar-refractivity contribution in [2.45, 2.75) is 45.4 Å². The molecule has 0 fully saturated rings. The van der Waals surface area contributed by atoms with Crippen LogP contribution in [0.4, 0.5) is 0 Å². The SMILES string of the molecule is CCCCCCCCOC(=O)COCC(=O)Oc1cccc(Cl)c1Cl. The lowest BCUT2D eigenvalue weighted by Crippen LogP contribution is -2.20. The molecule has 1 aromatic carbocycles. The lowest BCUT2D eigenvalue weighted by atomic mass is 10.1. The molecule has 0 radical (unpaired) electrons. The number of hydrogen-bond donors (Lipinski definition) is 0. The number of halogens is 2. The van der Waals surface area contributed by atoms with E-state index in [0.717, 1.165) is 19.3 Å². The first-order chi connectivity index (χ1) is 12.0. The predicted molar refractivity (Wildman–Crippen MR) is 97.3 cm³/mol. The van der Waals surface area contributed by atoms with E-state index in [4.69, 9.17) is 37.4 Å². The van der Waals surface area contributed by atoms with E-state index in [1.54, 1.807) is 12.1 Å². The average Bonchev–Trinajstić information content (AvgIpc) is 2.58. The normalized spacial score (nSPS) is 10.5. The van der Waals surface area contributed by atoms with Crippen molar-refractivity contribution in [3.63, 3.8) is 0 Å². The summed E-state index contributed by atoms with van der Waals surface area (Å²) in [6, 6.07) is 4.70. The molecule has 0 aliphatic rings. The van der Waals surface area contributed by atoms with Crippen LogP contribution < -0.4 is 4.74 Å². The van der Waals surface area contributed by atoms with Gasteiger partial charge in [0.2, 0.25) is 0 Å². The van der Waals surface area contributed by atoms with Gasteiger partial charge in [0, 0.05) is 0 Å². The second-order valence-corrected chi connectivity index (χ2v) is 6.29. The lowest BCUT2D eigenvalue weighted by molar-refractivity contribution is -0.152. The number of esters is 2. The van der Waals surface area contributed by atoms with E-state index in [2.05, 4.69) is 6.92 Å². The fourth-order valence-electron chi connectivity index (χ4n) is 2.04. The number of ether oxygens (including phenoxy) is 3. The summed E-state index contributed by atoms with van der Waals surface area (Å²) in [6.45, 7) is 1.86. The van der Waals surface area contributed by atoms with Gasteiger partial charge in [0.05, 0.1) is 11.6 Å². The summed E-state index contributed by atoms with van der Waals surface area (Å²) in [4.78, 5) is 23.1. The molecular weight excluding hydrogens is 367 g/mol. The smallest absolute Gasteiger partial charge is 0.337 e. The van der Waals surface area contributed by atoms with Crippen molar-refractivity contribution in [2.24, 2.45) is 0 Å². The van der Waals surface area contributed by atoms with Crippen LogP contribution in [-0.4, -0.2) is 31.8 Å². The Hall–Kier alpha value is -1.30. The number of rotatable bonds is 12. The van der Waals surface area contributed by atoms with Crippen LogP contribution in [0.25, 0.3) is 0 Å². The summed E-state index contributed by atoms with van der Waals surface area (Å²) in [5.74, 6) is -1.02. The van der Waals surface area contributed by atoms with Crippen LogP contribution in [0.15, 0.2) is 18.2 Å². The van der Waals surface area contributed by atoms with Gasteiger partial charge in [-0.25, -0.2) is 9.59 Å². The molecular formula is C18H24Cl2O5. The Kier molecular flexibility index (Phi) is 11.3. The van der Waals surface area contributed by atoms with Crippen molar-refractivity contribution in [1.82, 2.24) is 0 Å². The van der Waals surface area contributed by atoms with Gasteiger partial charge in [-0.1, -0.05) is 68.3 Å². The van der Waals surface area contributed by atoms with Gasteiger partial charge in [0.15, 0.2) is 5.75 Å². The Morgan fingerprint density at radius 2 is 1.64 bits per heavy atom. The summed E-state index contributed by atoms with van der Waals surface area (Å²) < 4.78 is 15.0. The lowest BCUT2D eigenvalue weighted by Gasteiger charge is -2.08. The first-order valence-corrected chi connectivity index (χ1v) is 9.18. The summed E-state index contributed by atoms with van der Waals surface area (Å²) in [6.07, 6.45) is 6.69. The van der Waals surface area contributed by atoms with Gasteiger partial charge in [0.25, 0.3) is 0 Å². The maximum absolute atomic E-state index is 11.6. The van der Waals surface area contributed by atoms with Crippen LogP contribution >= 0.6 is 23.2 Å². The van der Waals surface area contributed by atoms with Gasteiger partial charge in [-0.2, -0.15) is 0 Å². The molecule has 0 atom stereocenters. The molecule has 0 saturated heterocycles. The summed E-state index contributed by atoms with van der Waals surface area (Å²) in [5.41, 5.74) is 0. The Morgan fingerprint density at radius 3 is 2.40 bits per heavy atom. The predicted octanol–water partition coefficient (Wildman–Crippen LogP) is 4.82. The zero-order valence-electron chi connectivity index (χ0n) is 14.4. The van der Waals surface area contributed by atoms with Crippen molar-refractivity contribution in [3.05, 3.63) is 28.2 Å². The highest BCUT2D eigenvalue weighted by molar-refractivity contribution is 6.43. The fraction of sp³-hybridized carbons (Fsp3) is 0.556. The molecule has 0 unspecified atom stereocenters. The van der Waals surface area contributed by atoms with Gasteiger partial charge in [0.1, 0.15) is 18.2 Å². The zero-order chi connectivity index (χ0) is 18.5. The highest BCUT2D eigenvalue weighted by Crippen LogP contribution is 2.31. The van der Waals surface area contributed by atoms with Gasteiger partial charge >= 0.3 is 11.9 Å². The summed E-state index contributed by atoms with van der Waals surface area (Å²) in [7, 11) is 0. The van der Waals surface area contributed by atoms with E-state index in [0.29, 0.717) is 6.61 Å². The van der Waals surface area contributed by atoms with E-state index < -0.39 is 11.9 Å². The van der Waals surface area contributed by atoms with Gasteiger partial charge in [-0.05, 0) is 18.6 Å². The number of benzene rings is 1. The van der Waals surface area contributed by atoms with Gasteiger partial charge in [-0.15, -0.1) is 0 Å². The van der Waals surface area contributed by atoms with Crippen molar-refractivity contribution < 1.29 is 23.8 Å².